The first-order valence-corrected chi connectivity index (χ1v) is 32.9. The Balaban J connectivity index is 0.000000128. The van der Waals surface area contributed by atoms with Crippen LogP contribution >= 0.6 is 0 Å². The summed E-state index contributed by atoms with van der Waals surface area (Å²) in [5, 5.41) is 18.7. The van der Waals surface area contributed by atoms with Crippen molar-refractivity contribution in [1.82, 2.24) is 73.8 Å². The first-order valence-electron chi connectivity index (χ1n) is 32.9. The molecule has 4 atom stereocenters. The second-order valence-electron chi connectivity index (χ2n) is 25.7. The van der Waals surface area contributed by atoms with Crippen molar-refractivity contribution in [3.05, 3.63) is 232 Å². The van der Waals surface area contributed by atoms with Gasteiger partial charge in [-0.3, -0.25) is 32.5 Å². The van der Waals surface area contributed by atoms with E-state index in [1.807, 2.05) is 127 Å². The summed E-state index contributed by atoms with van der Waals surface area (Å²) in [6.07, 6.45) is 15.9. The van der Waals surface area contributed by atoms with Crippen molar-refractivity contribution in [2.75, 3.05) is 63.8 Å². The van der Waals surface area contributed by atoms with Crippen LogP contribution < -0.4 is 31.9 Å². The summed E-state index contributed by atoms with van der Waals surface area (Å²) >= 11 is 0. The quantitative estimate of drug-likeness (QED) is 0.0560. The molecule has 0 bridgehead atoms. The average Bonchev–Trinajstić information content (AvgIpc) is 1.60. The molecular weight excluding hydrogens is 1270 g/mol. The zero-order valence-corrected chi connectivity index (χ0v) is 56.3. The Labute approximate surface area is 574 Å². The predicted octanol–water partition coefficient (Wildman–Crippen LogP) is 12.6. The second kappa shape index (κ2) is 27.5. The Morgan fingerprint density at radius 2 is 0.820 bits per heavy atom. The normalized spacial score (nSPS) is 15.7. The number of morpholine rings is 1. The number of halogens is 3. The molecule has 100 heavy (non-hydrogen) atoms. The van der Waals surface area contributed by atoms with E-state index in [0.29, 0.717) is 87.8 Å². The SMILES string of the molecule is CC(c1ccc(Nc2ccc(-c3cnc4cc(F)ccn34)c3c2C(=O)NC3)nc1)N(C)C.CC(c1ccc(Nc2ccc(-c3cnc4cc(F)ccn34)c3c2C(=O)NC3)nc1)N(C)C.C[C@H](c1ccc(Nc2ccc(-c3cnc4cc(F)ccn34)c3c2C(=O)NC3)nc1)N1CCO[C@@H](C)C1. The molecular formula is C75H73F3N18O4. The van der Waals surface area contributed by atoms with E-state index in [4.69, 9.17) is 4.74 Å². The molecule has 25 heteroatoms. The number of carbonyl (C=O) groups is 3. The van der Waals surface area contributed by atoms with Gasteiger partial charge in [0.05, 0.1) is 82.1 Å². The monoisotopic (exact) mass is 1350 g/mol. The van der Waals surface area contributed by atoms with Gasteiger partial charge in [0, 0.05) is 123 Å². The Hall–Kier alpha value is -11.4. The number of nitrogens with one attached hydrogen (secondary N) is 6. The lowest BCUT2D eigenvalue weighted by Crippen LogP contribution is -2.42. The number of amides is 3. The fourth-order valence-electron chi connectivity index (χ4n) is 13.1. The van der Waals surface area contributed by atoms with Gasteiger partial charge in [-0.15, -0.1) is 0 Å². The van der Waals surface area contributed by atoms with Crippen LogP contribution in [-0.4, -0.2) is 130 Å². The number of aromatic nitrogens is 9. The van der Waals surface area contributed by atoms with Gasteiger partial charge in [0.15, 0.2) is 0 Å². The smallest absolute Gasteiger partial charge is 0.254 e. The van der Waals surface area contributed by atoms with Crippen molar-refractivity contribution in [1.29, 1.82) is 0 Å². The maximum Gasteiger partial charge on any atom is 0.254 e. The molecule has 0 radical (unpaired) electrons. The van der Waals surface area contributed by atoms with Crippen LogP contribution in [0.15, 0.2) is 165 Å². The summed E-state index contributed by atoms with van der Waals surface area (Å²) in [5.74, 6) is 0.573. The molecule has 16 rings (SSSR count). The average molecular weight is 1350 g/mol. The van der Waals surface area contributed by atoms with Crippen molar-refractivity contribution in [2.24, 2.45) is 0 Å². The summed E-state index contributed by atoms with van der Waals surface area (Å²) in [7, 11) is 8.11. The van der Waals surface area contributed by atoms with Gasteiger partial charge in [-0.1, -0.05) is 36.4 Å². The highest BCUT2D eigenvalue weighted by atomic mass is 19.1. The molecule has 6 N–H and O–H groups in total. The Bertz CT molecular complexity index is 4910. The number of imidazole rings is 3. The molecule has 9 aromatic heterocycles. The van der Waals surface area contributed by atoms with Crippen molar-refractivity contribution in [3.8, 4) is 33.8 Å². The highest BCUT2D eigenvalue weighted by Crippen LogP contribution is 2.40. The van der Waals surface area contributed by atoms with Gasteiger partial charge in [-0.25, -0.2) is 43.1 Å². The second-order valence-corrected chi connectivity index (χ2v) is 25.7. The summed E-state index contributed by atoms with van der Waals surface area (Å²) in [6.45, 7) is 12.3. The van der Waals surface area contributed by atoms with Gasteiger partial charge in [-0.05, 0) is 144 Å². The van der Waals surface area contributed by atoms with E-state index in [1.54, 1.807) is 37.2 Å². The fourth-order valence-corrected chi connectivity index (χ4v) is 13.1. The van der Waals surface area contributed by atoms with Crippen LogP contribution in [0.1, 0.15) is 110 Å². The molecule has 4 aliphatic heterocycles. The standard InChI is InChI=1S/C27H27FN6O2.2C24H23FN6O/c1-16-15-33(9-10-36-16)17(2)18-3-6-24(29-12-18)32-22-5-4-20(21-13-31-27(35)26(21)22)23-14-30-25-11-19(28)7-8-34(23)25;2*1-14(30(2)3)15-4-7-21(26-11-15)29-19-6-5-17(18-12-28-24(32)23(18)19)20-13-27-22-10-16(25)8-9-31(20)22/h3-8,11-12,14,16-17H,9-10,13,15H2,1-2H3,(H,29,32)(H,31,35);2*4-11,13-14H,12H2,1-3H3,(H,26,29)(H,28,32)/t16-,17+;;/m0../s1. The lowest BCUT2D eigenvalue weighted by molar-refractivity contribution is -0.0319. The largest absolute Gasteiger partial charge is 0.376 e. The molecule has 0 spiro atoms. The first-order chi connectivity index (χ1) is 48.3. The number of pyridine rings is 6. The third-order valence-electron chi connectivity index (χ3n) is 19.1. The van der Waals surface area contributed by atoms with E-state index in [1.165, 1.54) is 36.4 Å². The van der Waals surface area contributed by atoms with E-state index in [9.17, 15) is 27.6 Å². The molecule has 2 unspecified atom stereocenters. The molecule has 3 amide bonds. The molecule has 4 aliphatic rings. The molecule has 3 aromatic carbocycles. The topological polar surface area (TPSA) is 233 Å². The van der Waals surface area contributed by atoms with Crippen LogP contribution in [-0.2, 0) is 24.4 Å². The lowest BCUT2D eigenvalue weighted by Gasteiger charge is -2.35. The summed E-state index contributed by atoms with van der Waals surface area (Å²) in [5.41, 5.74) is 16.5. The lowest BCUT2D eigenvalue weighted by atomic mass is 9.99. The first kappa shape index (κ1) is 65.9. The van der Waals surface area contributed by atoms with Crippen LogP contribution in [0.3, 0.4) is 0 Å². The molecule has 0 aliphatic carbocycles. The summed E-state index contributed by atoms with van der Waals surface area (Å²) in [4.78, 5) is 71.4. The van der Waals surface area contributed by atoms with Gasteiger partial charge >= 0.3 is 0 Å². The minimum atomic E-state index is -0.339. The van der Waals surface area contributed by atoms with Gasteiger partial charge < -0.3 is 46.4 Å². The maximum atomic E-state index is 13.6. The van der Waals surface area contributed by atoms with E-state index in [-0.39, 0.29) is 59.4 Å². The Morgan fingerprint density at radius 3 is 1.14 bits per heavy atom. The highest BCUT2D eigenvalue weighted by Gasteiger charge is 2.31. The van der Waals surface area contributed by atoms with Gasteiger partial charge in [0.25, 0.3) is 17.7 Å². The zero-order chi connectivity index (χ0) is 69.6. The van der Waals surface area contributed by atoms with Crippen molar-refractivity contribution in [2.45, 2.75) is 71.6 Å². The number of hydrogen-bond donors (Lipinski definition) is 6. The third kappa shape index (κ3) is 13.0. The molecule has 13 heterocycles. The van der Waals surface area contributed by atoms with E-state index in [0.717, 1.165) is 86.8 Å². The van der Waals surface area contributed by atoms with Crippen LogP contribution in [0.2, 0.25) is 0 Å². The van der Waals surface area contributed by atoms with Gasteiger partial charge in [0.1, 0.15) is 51.8 Å². The van der Waals surface area contributed by atoms with E-state index >= 15 is 0 Å². The Kier molecular flexibility index (Phi) is 18.1. The van der Waals surface area contributed by atoms with Crippen LogP contribution in [0, 0.1) is 17.5 Å². The number of anilines is 6. The van der Waals surface area contributed by atoms with Crippen LogP contribution in [0.5, 0.6) is 0 Å². The molecule has 22 nitrogen and oxygen atoms in total. The minimum Gasteiger partial charge on any atom is -0.376 e. The van der Waals surface area contributed by atoms with Crippen LogP contribution in [0.25, 0.3) is 50.7 Å². The third-order valence-corrected chi connectivity index (χ3v) is 19.1. The highest BCUT2D eigenvalue weighted by molar-refractivity contribution is 6.08. The van der Waals surface area contributed by atoms with E-state index < -0.39 is 0 Å². The fraction of sp³-hybridized carbons (Fsp3) is 0.240. The number of carbonyl (C=O) groups excluding carboxylic acids is 3. The van der Waals surface area contributed by atoms with Gasteiger partial charge in [-0.2, -0.15) is 0 Å². The maximum absolute atomic E-state index is 13.6. The summed E-state index contributed by atoms with van der Waals surface area (Å²) in [6, 6.07) is 32.5. The number of hydrogen-bond acceptors (Lipinski definition) is 16. The number of benzene rings is 3. The Morgan fingerprint density at radius 1 is 0.470 bits per heavy atom. The zero-order valence-electron chi connectivity index (χ0n) is 56.3. The number of fused-ring (bicyclic) bond motifs is 6. The number of nitrogens with zero attached hydrogens (tertiary/aromatic N) is 12. The predicted molar refractivity (Wildman–Crippen MR) is 377 cm³/mol. The minimum absolute atomic E-state index is 0.137. The number of ether oxygens (including phenoxy) is 1. The van der Waals surface area contributed by atoms with Crippen molar-refractivity contribution in [3.63, 3.8) is 0 Å². The summed E-state index contributed by atoms with van der Waals surface area (Å²) < 4.78 is 51.9. The van der Waals surface area contributed by atoms with Gasteiger partial charge in [0.2, 0.25) is 0 Å². The van der Waals surface area contributed by atoms with Crippen molar-refractivity contribution < 1.29 is 32.3 Å². The molecule has 508 valence electrons. The van der Waals surface area contributed by atoms with Crippen LogP contribution in [0.4, 0.5) is 47.7 Å². The van der Waals surface area contributed by atoms with E-state index in [2.05, 4.69) is 110 Å². The number of rotatable bonds is 15. The molecule has 0 saturated carbocycles. The molecule has 1 saturated heterocycles. The molecule has 1 fully saturated rings. The molecule has 12 aromatic rings. The van der Waals surface area contributed by atoms with Crippen molar-refractivity contribution >= 4 is 69.2 Å².